The third-order valence-corrected chi connectivity index (χ3v) is 3.68. The molecule has 0 saturated heterocycles. The molecule has 24 heavy (non-hydrogen) atoms. The lowest BCUT2D eigenvalue weighted by atomic mass is 9.84. The zero-order chi connectivity index (χ0) is 17.1. The molecule has 0 fully saturated rings. The summed E-state index contributed by atoms with van der Waals surface area (Å²) >= 11 is 0. The van der Waals surface area contributed by atoms with Gasteiger partial charge in [-0.15, -0.1) is 5.10 Å². The van der Waals surface area contributed by atoms with Crippen molar-refractivity contribution in [3.63, 3.8) is 0 Å². The molecular weight excluding hydrogens is 310 g/mol. The van der Waals surface area contributed by atoms with E-state index in [9.17, 15) is 10.1 Å². The molecular formula is C16H15N5O3. The van der Waals surface area contributed by atoms with Crippen molar-refractivity contribution in [2.24, 2.45) is 5.73 Å². The maximum absolute atomic E-state index is 11.8. The number of allylic oxidation sites excluding steroid dienone is 1. The van der Waals surface area contributed by atoms with Crippen LogP contribution in [0, 0.1) is 11.3 Å². The SMILES string of the molecule is CCOC(=O)Cc1[nH]nc2c1[C@@H](c1ccncc1)C(C#N)=C(N)O2. The molecule has 0 amide bonds. The number of esters is 1. The van der Waals surface area contributed by atoms with E-state index in [1.165, 1.54) is 0 Å². The van der Waals surface area contributed by atoms with E-state index < -0.39 is 11.9 Å². The number of nitrogens with two attached hydrogens (primary N) is 1. The number of fused-ring (bicyclic) bond motifs is 1. The standard InChI is InChI=1S/C16H15N5O3/c1-2-23-12(22)7-11-14-13(9-3-5-19-6-4-9)10(8-17)15(18)24-16(14)21-20-11/h3-6,13H,2,7,18H2,1H3,(H,20,21)/t13-/m0/s1. The van der Waals surface area contributed by atoms with Crippen LogP contribution in [0.25, 0.3) is 0 Å². The number of hydrogen-bond acceptors (Lipinski definition) is 7. The molecule has 0 aromatic carbocycles. The van der Waals surface area contributed by atoms with Gasteiger partial charge in [0.25, 0.3) is 0 Å². The summed E-state index contributed by atoms with van der Waals surface area (Å²) in [6.45, 7) is 2.02. The van der Waals surface area contributed by atoms with Crippen LogP contribution in [-0.2, 0) is 16.0 Å². The molecule has 1 aliphatic rings. The van der Waals surface area contributed by atoms with Crippen LogP contribution in [-0.4, -0.2) is 27.8 Å². The molecule has 2 aromatic heterocycles. The maximum atomic E-state index is 11.8. The highest BCUT2D eigenvalue weighted by molar-refractivity contribution is 5.73. The summed E-state index contributed by atoms with van der Waals surface area (Å²) < 4.78 is 10.4. The minimum atomic E-state index is -0.482. The van der Waals surface area contributed by atoms with E-state index in [-0.39, 0.29) is 30.4 Å². The Hall–Kier alpha value is -3.34. The van der Waals surface area contributed by atoms with Crippen LogP contribution in [0.5, 0.6) is 5.88 Å². The van der Waals surface area contributed by atoms with E-state index in [1.54, 1.807) is 31.5 Å². The summed E-state index contributed by atoms with van der Waals surface area (Å²) in [5.41, 5.74) is 8.08. The van der Waals surface area contributed by atoms with Gasteiger partial charge in [0.2, 0.25) is 11.8 Å². The fraction of sp³-hybridized carbons (Fsp3) is 0.250. The first-order valence-electron chi connectivity index (χ1n) is 7.36. The van der Waals surface area contributed by atoms with E-state index in [2.05, 4.69) is 21.3 Å². The van der Waals surface area contributed by atoms with Crippen molar-refractivity contribution < 1.29 is 14.3 Å². The van der Waals surface area contributed by atoms with Gasteiger partial charge in [-0.25, -0.2) is 0 Å². The number of aromatic nitrogens is 3. The Balaban J connectivity index is 2.09. The first-order chi connectivity index (χ1) is 11.7. The average Bonchev–Trinajstić information content (AvgIpc) is 2.96. The second-order valence-electron chi connectivity index (χ2n) is 5.11. The third-order valence-electron chi connectivity index (χ3n) is 3.68. The molecule has 122 valence electrons. The Morgan fingerprint density at radius 3 is 2.92 bits per heavy atom. The number of nitriles is 1. The molecule has 3 N–H and O–H groups in total. The molecule has 3 heterocycles. The van der Waals surface area contributed by atoms with Crippen molar-refractivity contribution in [3.8, 4) is 11.9 Å². The molecule has 0 radical (unpaired) electrons. The van der Waals surface area contributed by atoms with E-state index in [0.29, 0.717) is 11.3 Å². The zero-order valence-electron chi connectivity index (χ0n) is 12.9. The fourth-order valence-electron chi connectivity index (χ4n) is 2.69. The highest BCUT2D eigenvalue weighted by Crippen LogP contribution is 2.42. The predicted octanol–water partition coefficient (Wildman–Crippen LogP) is 1.13. The lowest BCUT2D eigenvalue weighted by Crippen LogP contribution is -2.22. The van der Waals surface area contributed by atoms with Crippen LogP contribution >= 0.6 is 0 Å². The minimum Gasteiger partial charge on any atom is -0.466 e. The van der Waals surface area contributed by atoms with Crippen molar-refractivity contribution in [1.82, 2.24) is 15.2 Å². The number of nitrogens with zero attached hydrogens (tertiary/aromatic N) is 3. The van der Waals surface area contributed by atoms with Gasteiger partial charge in [0.05, 0.1) is 30.2 Å². The van der Waals surface area contributed by atoms with Gasteiger partial charge in [0.1, 0.15) is 11.6 Å². The maximum Gasteiger partial charge on any atom is 0.311 e. The molecule has 1 atom stereocenters. The summed E-state index contributed by atoms with van der Waals surface area (Å²) in [5, 5.41) is 16.4. The molecule has 0 spiro atoms. The van der Waals surface area contributed by atoms with Crippen LogP contribution < -0.4 is 10.5 Å². The summed E-state index contributed by atoms with van der Waals surface area (Å²) in [6, 6.07) is 5.66. The largest absolute Gasteiger partial charge is 0.466 e. The van der Waals surface area contributed by atoms with Crippen molar-refractivity contribution in [3.05, 3.63) is 52.8 Å². The van der Waals surface area contributed by atoms with Crippen molar-refractivity contribution in [2.45, 2.75) is 19.3 Å². The number of nitrogens with one attached hydrogen (secondary N) is 1. The summed E-state index contributed by atoms with van der Waals surface area (Å²) in [4.78, 5) is 15.8. The normalized spacial score (nSPS) is 16.1. The molecule has 0 bridgehead atoms. The van der Waals surface area contributed by atoms with Gasteiger partial charge in [0, 0.05) is 12.4 Å². The predicted molar refractivity (Wildman–Crippen MR) is 82.5 cm³/mol. The van der Waals surface area contributed by atoms with Crippen molar-refractivity contribution in [2.75, 3.05) is 6.61 Å². The number of aromatic amines is 1. The molecule has 0 unspecified atom stereocenters. The van der Waals surface area contributed by atoms with Gasteiger partial charge in [-0.2, -0.15) is 5.26 Å². The fourth-order valence-corrected chi connectivity index (χ4v) is 2.69. The number of hydrogen-bond donors (Lipinski definition) is 2. The Labute approximate surface area is 137 Å². The van der Waals surface area contributed by atoms with E-state index in [4.69, 9.17) is 15.2 Å². The van der Waals surface area contributed by atoms with Crippen LogP contribution in [0.3, 0.4) is 0 Å². The van der Waals surface area contributed by atoms with Crippen LogP contribution in [0.4, 0.5) is 0 Å². The van der Waals surface area contributed by atoms with Gasteiger partial charge >= 0.3 is 5.97 Å². The van der Waals surface area contributed by atoms with Gasteiger partial charge in [-0.1, -0.05) is 0 Å². The number of carbonyl (C=O) groups is 1. The Bertz CT molecular complexity index is 835. The zero-order valence-corrected chi connectivity index (χ0v) is 12.9. The van der Waals surface area contributed by atoms with Gasteiger partial charge in [-0.3, -0.25) is 14.9 Å². The summed E-state index contributed by atoms with van der Waals surface area (Å²) in [6.07, 6.45) is 3.25. The number of H-pyrrole nitrogens is 1. The monoisotopic (exact) mass is 325 g/mol. The summed E-state index contributed by atoms with van der Waals surface area (Å²) in [5.74, 6) is -0.614. The number of ether oxygens (including phenoxy) is 2. The Morgan fingerprint density at radius 1 is 1.50 bits per heavy atom. The van der Waals surface area contributed by atoms with E-state index >= 15 is 0 Å². The van der Waals surface area contributed by atoms with Crippen molar-refractivity contribution in [1.29, 1.82) is 5.26 Å². The molecule has 1 aliphatic heterocycles. The van der Waals surface area contributed by atoms with Gasteiger partial charge in [-0.05, 0) is 24.6 Å². The highest BCUT2D eigenvalue weighted by atomic mass is 16.5. The topological polar surface area (TPSA) is 127 Å². The molecule has 2 aromatic rings. The smallest absolute Gasteiger partial charge is 0.311 e. The molecule has 0 saturated carbocycles. The Kier molecular flexibility index (Phi) is 4.16. The molecule has 3 rings (SSSR count). The van der Waals surface area contributed by atoms with Crippen LogP contribution in [0.2, 0.25) is 0 Å². The second kappa shape index (κ2) is 6.42. The summed E-state index contributed by atoms with van der Waals surface area (Å²) in [7, 11) is 0. The first-order valence-corrected chi connectivity index (χ1v) is 7.36. The number of pyridine rings is 1. The lowest BCUT2D eigenvalue weighted by molar-refractivity contribution is -0.142. The average molecular weight is 325 g/mol. The van der Waals surface area contributed by atoms with Gasteiger partial charge in [0.15, 0.2) is 0 Å². The van der Waals surface area contributed by atoms with E-state index in [1.807, 2.05) is 0 Å². The minimum absolute atomic E-state index is 0.000268. The first kappa shape index (κ1) is 15.6. The Morgan fingerprint density at radius 2 is 2.25 bits per heavy atom. The number of carbonyl (C=O) groups excluding carboxylic acids is 1. The molecule has 8 nitrogen and oxygen atoms in total. The van der Waals surface area contributed by atoms with E-state index in [0.717, 1.165) is 5.56 Å². The number of rotatable bonds is 4. The quantitative estimate of drug-likeness (QED) is 0.806. The highest BCUT2D eigenvalue weighted by Gasteiger charge is 2.35. The third kappa shape index (κ3) is 2.67. The lowest BCUT2D eigenvalue weighted by Gasteiger charge is -2.23. The van der Waals surface area contributed by atoms with Crippen molar-refractivity contribution >= 4 is 5.97 Å². The molecule has 8 heteroatoms. The van der Waals surface area contributed by atoms with Crippen LogP contribution in [0.1, 0.15) is 29.7 Å². The molecule has 0 aliphatic carbocycles. The van der Waals surface area contributed by atoms with Crippen LogP contribution in [0.15, 0.2) is 36.0 Å². The van der Waals surface area contributed by atoms with Gasteiger partial charge < -0.3 is 15.2 Å². The second-order valence-corrected chi connectivity index (χ2v) is 5.11.